The van der Waals surface area contributed by atoms with Crippen LogP contribution in [0.1, 0.15) is 184 Å². The molecule has 0 saturated carbocycles. The predicted molar refractivity (Wildman–Crippen MR) is 338 cm³/mol. The molecule has 0 amide bonds. The number of fused-ring (bicyclic) bond motifs is 4. The molecule has 2 aliphatic heterocycles. The van der Waals surface area contributed by atoms with Gasteiger partial charge in [0.1, 0.15) is 0 Å². The maximum atomic E-state index is 4.02. The number of benzene rings is 7. The number of halogens is 2. The minimum absolute atomic E-state index is 0.0171. The van der Waals surface area contributed by atoms with E-state index in [1.165, 1.54) is 112 Å². The van der Waals surface area contributed by atoms with Gasteiger partial charge in [-0.1, -0.05) is 238 Å². The molecule has 0 radical (unpaired) electrons. The summed E-state index contributed by atoms with van der Waals surface area (Å²) >= 11 is 8.03. The Bertz CT molecular complexity index is 3120. The molecular formula is C70H83BBr2N2. The van der Waals surface area contributed by atoms with Crippen LogP contribution in [0.5, 0.6) is 0 Å². The van der Waals surface area contributed by atoms with Gasteiger partial charge < -0.3 is 9.80 Å². The van der Waals surface area contributed by atoms with Gasteiger partial charge in [-0.3, -0.25) is 0 Å². The van der Waals surface area contributed by atoms with E-state index in [1.807, 2.05) is 0 Å². The van der Waals surface area contributed by atoms with E-state index in [9.17, 15) is 0 Å². The second kappa shape index (κ2) is 18.4. The summed E-state index contributed by atoms with van der Waals surface area (Å²) in [6.45, 7) is 49.3. The molecule has 390 valence electrons. The highest BCUT2D eigenvalue weighted by molar-refractivity contribution is 9.10. The number of nitrogens with zero attached hydrogens (tertiary/aromatic N) is 2. The summed E-state index contributed by atoms with van der Waals surface area (Å²) in [5, 5.41) is 0. The van der Waals surface area contributed by atoms with Crippen LogP contribution in [0.2, 0.25) is 0 Å². The van der Waals surface area contributed by atoms with Gasteiger partial charge in [0.15, 0.2) is 0 Å². The first-order chi connectivity index (χ1) is 34.4. The summed E-state index contributed by atoms with van der Waals surface area (Å²) in [6.07, 6.45) is 0. The first kappa shape index (κ1) is 54.9. The summed E-state index contributed by atoms with van der Waals surface area (Å²) in [5.74, 6) is 0. The van der Waals surface area contributed by atoms with Crippen LogP contribution in [0, 0.1) is 0 Å². The largest absolute Gasteiger partial charge is 0.311 e. The molecule has 0 spiro atoms. The monoisotopic (exact) mass is 1120 g/mol. The Balaban J connectivity index is 1.39. The fourth-order valence-corrected chi connectivity index (χ4v) is 11.6. The summed E-state index contributed by atoms with van der Waals surface area (Å²) in [7, 11) is 0. The standard InChI is InChI=1S/C70H83BBr2N2/c1-64(2,3)46-26-42(27-47(34-46)65(4,5)6)44-30-50(68(13,14)15)36-55(32-44)74-59-40-53(72)22-24-57(59)71-58-25-23-54(73)41-60(58)75(62-39-52(70(19,20)21)38-61(74)63(62)71)56-33-45(31-51(37-56)69(16,17)18)43-28-48(66(7,8)9)35-49(29-43)67(10,11)12/h22-41H,1-21H3. The molecule has 0 bridgehead atoms. The Morgan fingerprint density at radius 3 is 0.813 bits per heavy atom. The van der Waals surface area contributed by atoms with Crippen LogP contribution in [-0.2, 0) is 37.9 Å². The van der Waals surface area contributed by atoms with Crippen molar-refractivity contribution >= 4 is 89.1 Å². The molecule has 0 fully saturated rings. The van der Waals surface area contributed by atoms with E-state index in [-0.39, 0.29) is 44.6 Å². The average molecular weight is 1120 g/mol. The first-order valence-electron chi connectivity index (χ1n) is 27.4. The Kier molecular flexibility index (Phi) is 13.5. The number of hydrogen-bond acceptors (Lipinski definition) is 2. The van der Waals surface area contributed by atoms with Gasteiger partial charge in [-0.2, -0.15) is 0 Å². The van der Waals surface area contributed by atoms with E-state index < -0.39 is 0 Å². The van der Waals surface area contributed by atoms with Gasteiger partial charge in [-0.25, -0.2) is 0 Å². The van der Waals surface area contributed by atoms with Crippen molar-refractivity contribution in [2.24, 2.45) is 0 Å². The molecule has 9 rings (SSSR count). The zero-order valence-electron chi connectivity index (χ0n) is 49.3. The molecular weight excluding hydrogens is 1040 g/mol. The lowest BCUT2D eigenvalue weighted by Gasteiger charge is -2.45. The highest BCUT2D eigenvalue weighted by atomic mass is 79.9. The van der Waals surface area contributed by atoms with E-state index >= 15 is 0 Å². The SMILES string of the molecule is CC(C)(C)c1cc(-c2cc(C(C)(C)C)cc(C(C)(C)C)c2)cc(N2c3cc(Br)ccc3B3c4ccc(Br)cc4N(c4cc(-c5cc(C(C)(C)C)cc(C(C)(C)C)c5)cc(C(C)(C)C)c4)c4cc(C(C)(C)C)cc2c43)c1. The van der Waals surface area contributed by atoms with Gasteiger partial charge in [0, 0.05) is 43.1 Å². The van der Waals surface area contributed by atoms with Gasteiger partial charge in [-0.15, -0.1) is 0 Å². The zero-order valence-corrected chi connectivity index (χ0v) is 52.4. The van der Waals surface area contributed by atoms with Crippen molar-refractivity contribution < 1.29 is 0 Å². The molecule has 2 heterocycles. The summed E-state index contributed by atoms with van der Waals surface area (Å²) in [6, 6.07) is 48.6. The van der Waals surface area contributed by atoms with Crippen molar-refractivity contribution in [1.82, 2.24) is 0 Å². The smallest absolute Gasteiger partial charge is 0.252 e. The van der Waals surface area contributed by atoms with Crippen LogP contribution in [0.15, 0.2) is 130 Å². The number of rotatable bonds is 4. The summed E-state index contributed by atoms with van der Waals surface area (Å²) in [4.78, 5) is 5.24. The summed E-state index contributed by atoms with van der Waals surface area (Å²) in [5.41, 5.74) is 24.9. The molecule has 0 unspecified atom stereocenters. The van der Waals surface area contributed by atoms with Crippen molar-refractivity contribution in [3.63, 3.8) is 0 Å². The lowest BCUT2D eigenvalue weighted by atomic mass is 9.33. The average Bonchev–Trinajstić information content (AvgIpc) is 3.28. The second-order valence-corrected chi connectivity index (χ2v) is 31.2. The Hall–Kier alpha value is -4.84. The van der Waals surface area contributed by atoms with Crippen LogP contribution in [-0.4, -0.2) is 6.71 Å². The fraction of sp³-hybridized carbons (Fsp3) is 0.400. The molecule has 7 aromatic rings. The Morgan fingerprint density at radius 1 is 0.280 bits per heavy atom. The second-order valence-electron chi connectivity index (χ2n) is 29.3. The minimum atomic E-state index is -0.169. The zero-order chi connectivity index (χ0) is 55.1. The highest BCUT2D eigenvalue weighted by Crippen LogP contribution is 2.50. The van der Waals surface area contributed by atoms with Crippen molar-refractivity contribution in [3.05, 3.63) is 169 Å². The summed E-state index contributed by atoms with van der Waals surface area (Å²) < 4.78 is 2.12. The third kappa shape index (κ3) is 10.6. The van der Waals surface area contributed by atoms with Gasteiger partial charge in [-0.05, 0) is 176 Å². The molecule has 0 aliphatic carbocycles. The van der Waals surface area contributed by atoms with Crippen LogP contribution >= 0.6 is 31.9 Å². The maximum absolute atomic E-state index is 4.02. The van der Waals surface area contributed by atoms with Gasteiger partial charge >= 0.3 is 0 Å². The fourth-order valence-electron chi connectivity index (χ4n) is 10.9. The Labute approximate surface area is 470 Å². The van der Waals surface area contributed by atoms with Gasteiger partial charge in [0.05, 0.1) is 0 Å². The lowest BCUT2D eigenvalue weighted by molar-refractivity contribution is 0.568. The molecule has 0 saturated heterocycles. The number of hydrogen-bond donors (Lipinski definition) is 0. The highest BCUT2D eigenvalue weighted by Gasteiger charge is 2.45. The Morgan fingerprint density at radius 2 is 0.533 bits per heavy atom. The van der Waals surface area contributed by atoms with Crippen molar-refractivity contribution in [2.75, 3.05) is 9.80 Å². The first-order valence-corrected chi connectivity index (χ1v) is 29.0. The number of anilines is 6. The van der Waals surface area contributed by atoms with E-state index in [4.69, 9.17) is 0 Å². The molecule has 0 atom stereocenters. The van der Waals surface area contributed by atoms with E-state index in [1.54, 1.807) is 0 Å². The quantitative estimate of drug-likeness (QED) is 0.162. The topological polar surface area (TPSA) is 6.48 Å². The van der Waals surface area contributed by atoms with E-state index in [0.29, 0.717) is 0 Å². The molecule has 5 heteroatoms. The van der Waals surface area contributed by atoms with Crippen LogP contribution < -0.4 is 26.2 Å². The normalized spacial score (nSPS) is 14.3. The molecule has 0 aromatic heterocycles. The lowest BCUT2D eigenvalue weighted by Crippen LogP contribution is -2.61. The molecule has 2 nitrogen and oxygen atoms in total. The van der Waals surface area contributed by atoms with Crippen molar-refractivity contribution in [2.45, 2.75) is 183 Å². The molecule has 0 N–H and O–H groups in total. The van der Waals surface area contributed by atoms with E-state index in [0.717, 1.165) is 8.95 Å². The van der Waals surface area contributed by atoms with Gasteiger partial charge in [0.25, 0.3) is 6.71 Å². The van der Waals surface area contributed by atoms with Crippen molar-refractivity contribution in [3.8, 4) is 22.3 Å². The third-order valence-corrected chi connectivity index (χ3v) is 16.9. The van der Waals surface area contributed by atoms with Crippen LogP contribution in [0.25, 0.3) is 22.3 Å². The predicted octanol–water partition coefficient (Wildman–Crippen LogP) is 19.7. The van der Waals surface area contributed by atoms with Crippen molar-refractivity contribution in [1.29, 1.82) is 0 Å². The molecule has 75 heavy (non-hydrogen) atoms. The third-order valence-electron chi connectivity index (χ3n) is 15.9. The van der Waals surface area contributed by atoms with Crippen LogP contribution in [0.4, 0.5) is 34.1 Å². The molecule has 2 aliphatic rings. The van der Waals surface area contributed by atoms with Gasteiger partial charge in [0.2, 0.25) is 0 Å². The maximum Gasteiger partial charge on any atom is 0.252 e. The molecule has 7 aromatic carbocycles. The van der Waals surface area contributed by atoms with E-state index in [2.05, 4.69) is 308 Å². The van der Waals surface area contributed by atoms with Crippen LogP contribution in [0.3, 0.4) is 0 Å². The minimum Gasteiger partial charge on any atom is -0.311 e.